The fourth-order valence-electron chi connectivity index (χ4n) is 4.34. The van der Waals surface area contributed by atoms with Crippen LogP contribution in [0.3, 0.4) is 0 Å². The molecule has 2 aromatic rings. The van der Waals surface area contributed by atoms with Crippen molar-refractivity contribution in [3.63, 3.8) is 0 Å². The summed E-state index contributed by atoms with van der Waals surface area (Å²) in [7, 11) is 3.32. The molecule has 0 bridgehead atoms. The number of ether oxygens (including phenoxy) is 3. The molecule has 2 aromatic carbocycles. The Morgan fingerprint density at radius 1 is 1.00 bits per heavy atom. The molecule has 0 amide bonds. The minimum atomic E-state index is -0.208. The summed E-state index contributed by atoms with van der Waals surface area (Å²) in [6, 6.07) is 16.8. The maximum Gasteiger partial charge on any atom is 0.293 e. The van der Waals surface area contributed by atoms with Gasteiger partial charge in [-0.2, -0.15) is 0 Å². The Balaban J connectivity index is 1.64. The average Bonchev–Trinajstić information content (AvgIpc) is 3.25. The third-order valence-corrected chi connectivity index (χ3v) is 7.28. The third kappa shape index (κ3) is 5.94. The largest absolute Gasteiger partial charge is 0.493 e. The number of rotatable bonds is 12. The molecule has 0 heterocycles. The first-order chi connectivity index (χ1) is 14.7. The number of carbonyl (C=O) groups excluding carboxylic acids is 1. The molecule has 4 nitrogen and oxygen atoms in total. The summed E-state index contributed by atoms with van der Waals surface area (Å²) in [6.07, 6.45) is 8.55. The van der Waals surface area contributed by atoms with Crippen molar-refractivity contribution in [2.45, 2.75) is 67.1 Å². The van der Waals surface area contributed by atoms with Crippen LogP contribution in [0, 0.1) is 0 Å². The Hall–Kier alpha value is -2.14. The molecule has 1 unspecified atom stereocenters. The van der Waals surface area contributed by atoms with Crippen molar-refractivity contribution in [1.29, 1.82) is 0 Å². The van der Waals surface area contributed by atoms with E-state index in [1.165, 1.54) is 5.56 Å². The summed E-state index contributed by atoms with van der Waals surface area (Å²) >= 11 is 1.86. The summed E-state index contributed by atoms with van der Waals surface area (Å²) in [5.74, 6) is 1.50. The van der Waals surface area contributed by atoms with Gasteiger partial charge in [0.15, 0.2) is 11.5 Å². The van der Waals surface area contributed by atoms with E-state index in [9.17, 15) is 4.79 Å². The van der Waals surface area contributed by atoms with Crippen molar-refractivity contribution >= 4 is 18.2 Å². The highest BCUT2D eigenvalue weighted by Gasteiger charge is 2.35. The lowest BCUT2D eigenvalue weighted by Crippen LogP contribution is -2.28. The Bertz CT molecular complexity index is 787. The van der Waals surface area contributed by atoms with Gasteiger partial charge in [0.25, 0.3) is 6.47 Å². The summed E-state index contributed by atoms with van der Waals surface area (Å²) in [6.45, 7) is 0.644. The van der Waals surface area contributed by atoms with Crippen LogP contribution >= 0.6 is 11.8 Å². The van der Waals surface area contributed by atoms with E-state index >= 15 is 0 Å². The van der Waals surface area contributed by atoms with Crippen LogP contribution < -0.4 is 9.47 Å². The highest BCUT2D eigenvalue weighted by atomic mass is 32.2. The van der Waals surface area contributed by atoms with Crippen LogP contribution in [0.15, 0.2) is 53.4 Å². The molecule has 0 aliphatic heterocycles. The van der Waals surface area contributed by atoms with Crippen molar-refractivity contribution in [3.05, 3.63) is 54.1 Å². The Morgan fingerprint density at radius 2 is 1.73 bits per heavy atom. The van der Waals surface area contributed by atoms with E-state index in [1.54, 1.807) is 14.2 Å². The summed E-state index contributed by atoms with van der Waals surface area (Å²) in [4.78, 5) is 12.1. The van der Waals surface area contributed by atoms with Crippen molar-refractivity contribution in [3.8, 4) is 11.5 Å². The van der Waals surface area contributed by atoms with Gasteiger partial charge in [0, 0.05) is 10.1 Å². The second-order valence-electron chi connectivity index (χ2n) is 7.88. The van der Waals surface area contributed by atoms with Crippen molar-refractivity contribution in [1.82, 2.24) is 0 Å². The molecule has 1 aliphatic carbocycles. The quantitative estimate of drug-likeness (QED) is 0.217. The number of thioether (sulfide) groups is 1. The molecule has 1 fully saturated rings. The molecule has 3 rings (SSSR count). The molecule has 1 aliphatic rings. The maximum absolute atomic E-state index is 10.9. The van der Waals surface area contributed by atoms with Gasteiger partial charge in [-0.15, -0.1) is 11.8 Å². The molecule has 0 radical (unpaired) electrons. The molecule has 0 spiro atoms. The van der Waals surface area contributed by atoms with Crippen molar-refractivity contribution < 1.29 is 19.0 Å². The molecule has 1 saturated carbocycles. The van der Waals surface area contributed by atoms with Gasteiger partial charge in [-0.25, -0.2) is 0 Å². The van der Waals surface area contributed by atoms with E-state index in [1.807, 2.05) is 23.9 Å². The Kier molecular flexibility index (Phi) is 8.50. The molecule has 5 heteroatoms. The summed E-state index contributed by atoms with van der Waals surface area (Å²) < 4.78 is 16.4. The number of carbonyl (C=O) groups is 1. The lowest BCUT2D eigenvalue weighted by molar-refractivity contribution is -0.143. The van der Waals surface area contributed by atoms with Crippen LogP contribution in [0.5, 0.6) is 11.5 Å². The van der Waals surface area contributed by atoms with Gasteiger partial charge in [0.2, 0.25) is 0 Å². The van der Waals surface area contributed by atoms with Crippen LogP contribution in [-0.2, 0) is 9.53 Å². The number of hydrogen-bond acceptors (Lipinski definition) is 5. The monoisotopic (exact) mass is 428 g/mol. The highest BCUT2D eigenvalue weighted by Crippen LogP contribution is 2.43. The fourth-order valence-corrected chi connectivity index (χ4v) is 5.57. The number of hydrogen-bond donors (Lipinski definition) is 0. The standard InChI is InChI=1S/C25H32O4S/c1-27-22-14-13-21(18-23(22)28-2)30-24(20-10-4-3-5-11-20)12-6-7-15-25(29-19-26)16-8-9-17-25/h3-5,10-11,13-14,18-19,24H,6-9,12,15-17H2,1-2H3. The molecule has 0 saturated heterocycles. The first-order valence-corrected chi connectivity index (χ1v) is 11.6. The number of unbranched alkanes of at least 4 members (excludes halogenated alkanes) is 1. The topological polar surface area (TPSA) is 44.8 Å². The minimum Gasteiger partial charge on any atom is -0.493 e. The van der Waals surface area contributed by atoms with Crippen LogP contribution in [0.1, 0.15) is 62.2 Å². The zero-order chi connectivity index (χ0) is 21.2. The molecule has 162 valence electrons. The van der Waals surface area contributed by atoms with Crippen LogP contribution in [0.4, 0.5) is 0 Å². The Morgan fingerprint density at radius 3 is 2.40 bits per heavy atom. The van der Waals surface area contributed by atoms with Gasteiger partial charge < -0.3 is 14.2 Å². The number of benzene rings is 2. The van der Waals surface area contributed by atoms with E-state index in [4.69, 9.17) is 14.2 Å². The van der Waals surface area contributed by atoms with Gasteiger partial charge in [-0.1, -0.05) is 36.8 Å². The van der Waals surface area contributed by atoms with Gasteiger partial charge >= 0.3 is 0 Å². The zero-order valence-electron chi connectivity index (χ0n) is 18.0. The third-order valence-electron chi connectivity index (χ3n) is 5.97. The van der Waals surface area contributed by atoms with E-state index in [0.717, 1.165) is 67.8 Å². The van der Waals surface area contributed by atoms with Crippen LogP contribution in [0.2, 0.25) is 0 Å². The molecule has 1 atom stereocenters. The van der Waals surface area contributed by atoms with Gasteiger partial charge in [0.05, 0.1) is 14.2 Å². The minimum absolute atomic E-state index is 0.208. The van der Waals surface area contributed by atoms with E-state index in [0.29, 0.717) is 11.7 Å². The molecular formula is C25H32O4S. The second kappa shape index (κ2) is 11.3. The SMILES string of the molecule is COc1ccc(SC(CCCCC2(OC=O)CCCC2)c2ccccc2)cc1OC. The second-order valence-corrected chi connectivity index (χ2v) is 9.16. The van der Waals surface area contributed by atoms with Crippen LogP contribution in [0.25, 0.3) is 0 Å². The smallest absolute Gasteiger partial charge is 0.293 e. The normalized spacial score (nSPS) is 16.1. The first-order valence-electron chi connectivity index (χ1n) is 10.7. The average molecular weight is 429 g/mol. The lowest BCUT2D eigenvalue weighted by atomic mass is 9.93. The zero-order valence-corrected chi connectivity index (χ0v) is 18.8. The van der Waals surface area contributed by atoms with Gasteiger partial charge in [-0.3, -0.25) is 4.79 Å². The highest BCUT2D eigenvalue weighted by molar-refractivity contribution is 7.99. The molecule has 30 heavy (non-hydrogen) atoms. The van der Waals surface area contributed by atoms with Gasteiger partial charge in [0.1, 0.15) is 5.60 Å². The number of methoxy groups -OCH3 is 2. The molecule has 0 aromatic heterocycles. The first kappa shape index (κ1) is 22.5. The predicted molar refractivity (Wildman–Crippen MR) is 121 cm³/mol. The van der Waals surface area contributed by atoms with Gasteiger partial charge in [-0.05, 0) is 68.7 Å². The predicted octanol–water partition coefficient (Wildman–Crippen LogP) is 6.58. The van der Waals surface area contributed by atoms with Crippen molar-refractivity contribution in [2.75, 3.05) is 14.2 Å². The summed E-state index contributed by atoms with van der Waals surface area (Å²) in [5.41, 5.74) is 1.12. The molecular weight excluding hydrogens is 396 g/mol. The van der Waals surface area contributed by atoms with E-state index in [2.05, 4.69) is 36.4 Å². The fraction of sp³-hybridized carbons (Fsp3) is 0.480. The van der Waals surface area contributed by atoms with Crippen LogP contribution in [-0.4, -0.2) is 26.3 Å². The maximum atomic E-state index is 10.9. The van der Waals surface area contributed by atoms with E-state index in [-0.39, 0.29) is 5.60 Å². The lowest BCUT2D eigenvalue weighted by Gasteiger charge is -2.27. The Labute approximate surface area is 184 Å². The van der Waals surface area contributed by atoms with E-state index < -0.39 is 0 Å². The van der Waals surface area contributed by atoms with Crippen molar-refractivity contribution in [2.24, 2.45) is 0 Å². The molecule has 0 N–H and O–H groups in total. The summed E-state index contributed by atoms with van der Waals surface area (Å²) in [5, 5.41) is 0.357.